The van der Waals surface area contributed by atoms with Gasteiger partial charge in [-0.2, -0.15) is 0 Å². The monoisotopic (exact) mass is 1120 g/mol. The third-order valence-electron chi connectivity index (χ3n) is 13.4. The summed E-state index contributed by atoms with van der Waals surface area (Å²) in [6.07, 6.45) is 9.34. The molecule has 3 aliphatic heterocycles. The molecule has 0 bridgehead atoms. The van der Waals surface area contributed by atoms with Gasteiger partial charge in [0.1, 0.15) is 18.5 Å². The van der Waals surface area contributed by atoms with Crippen molar-refractivity contribution in [2.45, 2.75) is 90.8 Å². The van der Waals surface area contributed by atoms with E-state index in [-0.39, 0.29) is 68.4 Å². The lowest BCUT2D eigenvalue weighted by Gasteiger charge is -2.28. The van der Waals surface area contributed by atoms with E-state index in [0.717, 1.165) is 34.6 Å². The largest absolute Gasteiger partial charge is 0.445 e. The van der Waals surface area contributed by atoms with Crippen molar-refractivity contribution in [3.8, 4) is 0 Å². The zero-order valence-electron chi connectivity index (χ0n) is 45.9. The van der Waals surface area contributed by atoms with Crippen molar-refractivity contribution in [2.24, 2.45) is 10.7 Å². The lowest BCUT2D eigenvalue weighted by atomic mass is 10.0. The number of amidine groups is 1. The van der Waals surface area contributed by atoms with Gasteiger partial charge in [0, 0.05) is 92.1 Å². The van der Waals surface area contributed by atoms with Gasteiger partial charge in [0.15, 0.2) is 0 Å². The van der Waals surface area contributed by atoms with Crippen LogP contribution in [0.2, 0.25) is 0 Å². The molecule has 23 nitrogen and oxygen atoms in total. The molecule has 1 atom stereocenters. The fraction of sp³-hybridized carbons (Fsp3) is 0.356. The van der Waals surface area contributed by atoms with Crippen LogP contribution in [0.4, 0.5) is 21.9 Å². The van der Waals surface area contributed by atoms with Gasteiger partial charge in [0.05, 0.1) is 43.8 Å². The standard InChI is InChI=1S/C59H68N12O11/c1-3-23-69(24-4-2)58(80)42-28-40-16-17-41(30-47(40)67-49(60)31-42)56(78)66-45-29-43-36-70(26-22-46(43)61-32-45)59(81)82-37-39-14-18-44(19-15-39)65-52(74)34-63-51(73)33-64-57(79)48(27-38-11-7-5-8-12-38)68-53(75)35-62-50(72)13-9-6-10-25-71-54(76)20-21-55(71)77/h5,7-8,11-12,14-21,28-30,32,48H,3-4,6,9-10,13,22-27,31,33-37H2,1-2H3,(H2,60,67)(H,62,72)(H,63,73)(H,64,79)(H,65,74)(H,66,78)(H,68,75)/t48-/m0/s1. The Morgan fingerprint density at radius 1 is 0.744 bits per heavy atom. The summed E-state index contributed by atoms with van der Waals surface area (Å²) in [7, 11) is 0. The molecule has 1 aromatic heterocycles. The number of amides is 10. The smallest absolute Gasteiger partial charge is 0.410 e. The van der Waals surface area contributed by atoms with Crippen LogP contribution in [0.25, 0.3) is 6.08 Å². The van der Waals surface area contributed by atoms with Crippen molar-refractivity contribution in [3.63, 3.8) is 0 Å². The second kappa shape index (κ2) is 29.6. The highest BCUT2D eigenvalue weighted by atomic mass is 16.6. The Bertz CT molecular complexity index is 3120. The van der Waals surface area contributed by atoms with E-state index in [4.69, 9.17) is 10.5 Å². The number of nitrogens with one attached hydrogen (secondary N) is 6. The quantitative estimate of drug-likeness (QED) is 0.0347. The summed E-state index contributed by atoms with van der Waals surface area (Å²) >= 11 is 0. The maximum absolute atomic E-state index is 13.5. The predicted octanol–water partition coefficient (Wildman–Crippen LogP) is 3.95. The summed E-state index contributed by atoms with van der Waals surface area (Å²) in [4.78, 5) is 141. The number of nitrogens with zero attached hydrogens (tertiary/aromatic N) is 5. The van der Waals surface area contributed by atoms with E-state index < -0.39 is 61.3 Å². The number of fused-ring (bicyclic) bond motifs is 2. The Labute approximate surface area is 474 Å². The van der Waals surface area contributed by atoms with Crippen LogP contribution < -0.4 is 37.6 Å². The number of pyridine rings is 1. The molecule has 3 aromatic carbocycles. The van der Waals surface area contributed by atoms with Crippen molar-refractivity contribution in [2.75, 3.05) is 56.4 Å². The lowest BCUT2D eigenvalue weighted by molar-refractivity contribution is -0.137. The Balaban J connectivity index is 0.806. The molecule has 7 rings (SSSR count). The molecule has 430 valence electrons. The second-order valence-electron chi connectivity index (χ2n) is 19.8. The van der Waals surface area contributed by atoms with Gasteiger partial charge in [-0.15, -0.1) is 0 Å². The Morgan fingerprint density at radius 2 is 1.45 bits per heavy atom. The average molecular weight is 1120 g/mol. The summed E-state index contributed by atoms with van der Waals surface area (Å²) in [5.74, 6) is -3.85. The number of hydrogen-bond acceptors (Lipinski definition) is 14. The molecule has 4 heterocycles. The van der Waals surface area contributed by atoms with Crippen LogP contribution >= 0.6 is 0 Å². The SMILES string of the molecule is CCCN(CCC)C(=O)C1=Cc2ccc(C(=O)Nc3cnc4c(c3)CN(C(=O)OCc3ccc(NC(=O)CNC(=O)CNC(=O)[C@H](Cc5ccccc5)NC(=O)CNC(=O)CCCCCN5C(=O)C=CC5=O)cc3)CC4)cc2N=C(N)C1. The highest BCUT2D eigenvalue weighted by molar-refractivity contribution is 6.13. The van der Waals surface area contributed by atoms with E-state index in [9.17, 15) is 47.9 Å². The minimum absolute atomic E-state index is 0.0604. The number of ether oxygens (including phenoxy) is 1. The molecule has 0 aliphatic carbocycles. The summed E-state index contributed by atoms with van der Waals surface area (Å²) in [6.45, 7) is 4.77. The van der Waals surface area contributed by atoms with Gasteiger partial charge in [0.2, 0.25) is 35.4 Å². The van der Waals surface area contributed by atoms with E-state index in [2.05, 4.69) is 41.9 Å². The van der Waals surface area contributed by atoms with Crippen LogP contribution in [-0.2, 0) is 69.1 Å². The lowest BCUT2D eigenvalue weighted by Crippen LogP contribution is -2.52. The van der Waals surface area contributed by atoms with Gasteiger partial charge < -0.3 is 52.2 Å². The maximum Gasteiger partial charge on any atom is 0.410 e. The molecular weight excluding hydrogens is 1050 g/mol. The molecule has 0 radical (unpaired) electrons. The second-order valence-corrected chi connectivity index (χ2v) is 19.8. The van der Waals surface area contributed by atoms with Crippen molar-refractivity contribution >= 4 is 88.2 Å². The summed E-state index contributed by atoms with van der Waals surface area (Å²) in [6, 6.07) is 21.1. The number of imide groups is 1. The Morgan fingerprint density at radius 3 is 2.18 bits per heavy atom. The van der Waals surface area contributed by atoms with Crippen LogP contribution in [0.1, 0.15) is 97.1 Å². The van der Waals surface area contributed by atoms with Crippen molar-refractivity contribution < 1.29 is 52.7 Å². The van der Waals surface area contributed by atoms with Gasteiger partial charge in [0.25, 0.3) is 17.7 Å². The molecule has 0 saturated carbocycles. The zero-order valence-corrected chi connectivity index (χ0v) is 45.9. The molecule has 3 aliphatic rings. The predicted molar refractivity (Wildman–Crippen MR) is 304 cm³/mol. The highest BCUT2D eigenvalue weighted by Crippen LogP contribution is 2.30. The Hall–Kier alpha value is -9.54. The number of aromatic nitrogens is 1. The first-order valence-electron chi connectivity index (χ1n) is 27.3. The van der Waals surface area contributed by atoms with Gasteiger partial charge in [-0.3, -0.25) is 53.0 Å². The molecule has 0 spiro atoms. The van der Waals surface area contributed by atoms with Crippen LogP contribution in [0.3, 0.4) is 0 Å². The van der Waals surface area contributed by atoms with Gasteiger partial charge in [-0.25, -0.2) is 9.79 Å². The average Bonchev–Trinajstić information content (AvgIpc) is 3.82. The summed E-state index contributed by atoms with van der Waals surface area (Å²) < 4.78 is 5.63. The van der Waals surface area contributed by atoms with Crippen LogP contribution in [0.5, 0.6) is 0 Å². The number of unbranched alkanes of at least 4 members (excludes halogenated alkanes) is 2. The van der Waals surface area contributed by atoms with Gasteiger partial charge in [-0.1, -0.05) is 68.8 Å². The minimum Gasteiger partial charge on any atom is -0.445 e. The van der Waals surface area contributed by atoms with E-state index >= 15 is 0 Å². The van der Waals surface area contributed by atoms with E-state index in [0.29, 0.717) is 84.6 Å². The molecule has 10 amide bonds. The van der Waals surface area contributed by atoms with E-state index in [1.54, 1.807) is 96.0 Å². The fourth-order valence-corrected chi connectivity index (χ4v) is 9.19. The van der Waals surface area contributed by atoms with Crippen molar-refractivity contribution in [1.82, 2.24) is 41.0 Å². The van der Waals surface area contributed by atoms with Gasteiger partial charge >= 0.3 is 6.09 Å². The van der Waals surface area contributed by atoms with E-state index in [1.807, 2.05) is 18.7 Å². The summed E-state index contributed by atoms with van der Waals surface area (Å²) in [5.41, 5.74) is 12.0. The number of nitrogens with two attached hydrogens (primary N) is 1. The first kappa shape index (κ1) is 60.1. The van der Waals surface area contributed by atoms with Crippen molar-refractivity contribution in [3.05, 3.63) is 136 Å². The number of hydrogen-bond donors (Lipinski definition) is 7. The Kier molecular flexibility index (Phi) is 21.7. The molecule has 23 heteroatoms. The molecule has 82 heavy (non-hydrogen) atoms. The fourth-order valence-electron chi connectivity index (χ4n) is 9.19. The molecule has 0 unspecified atom stereocenters. The number of benzene rings is 3. The number of aliphatic imine (C=N–C) groups is 1. The third-order valence-corrected chi connectivity index (χ3v) is 13.4. The molecule has 0 fully saturated rings. The topological polar surface area (TPSA) is 313 Å². The first-order chi connectivity index (χ1) is 39.5. The van der Waals surface area contributed by atoms with Crippen LogP contribution in [-0.4, -0.2) is 137 Å². The number of rotatable bonds is 26. The number of carbonyl (C=O) groups is 10. The number of anilines is 2. The number of carbonyl (C=O) groups excluding carboxylic acids is 10. The van der Waals surface area contributed by atoms with Gasteiger partial charge in [-0.05, 0) is 78.8 Å². The minimum atomic E-state index is -1.10. The highest BCUT2D eigenvalue weighted by Gasteiger charge is 2.27. The van der Waals surface area contributed by atoms with Crippen LogP contribution in [0.15, 0.2) is 108 Å². The third kappa shape index (κ3) is 17.7. The van der Waals surface area contributed by atoms with Crippen LogP contribution in [0, 0.1) is 0 Å². The molecule has 8 N–H and O–H groups in total. The van der Waals surface area contributed by atoms with Crippen molar-refractivity contribution in [1.29, 1.82) is 0 Å². The maximum atomic E-state index is 13.5. The zero-order chi connectivity index (χ0) is 58.5. The molecule has 4 aromatic rings. The normalized spacial score (nSPS) is 13.7. The first-order valence-corrected chi connectivity index (χ1v) is 27.3. The molecule has 0 saturated heterocycles. The summed E-state index contributed by atoms with van der Waals surface area (Å²) in [5, 5.41) is 15.6. The van der Waals surface area contributed by atoms with E-state index in [1.165, 1.54) is 12.2 Å². The molecular formula is C59H68N12O11.